The predicted molar refractivity (Wildman–Crippen MR) is 91.4 cm³/mol. The van der Waals surface area contributed by atoms with E-state index in [0.717, 1.165) is 21.9 Å². The maximum atomic E-state index is 13.4. The summed E-state index contributed by atoms with van der Waals surface area (Å²) < 4.78 is 13.4. The largest absolute Gasteiger partial charge is 0.376 e. The Bertz CT molecular complexity index is 734. The second-order valence-electron chi connectivity index (χ2n) is 5.05. The molecule has 1 amide bonds. The van der Waals surface area contributed by atoms with Crippen molar-refractivity contribution in [2.24, 2.45) is 5.10 Å². The van der Waals surface area contributed by atoms with Crippen molar-refractivity contribution in [2.45, 2.75) is 11.3 Å². The number of hydrogen-bond donors (Lipinski definition) is 2. The fraction of sp³-hybridized carbons (Fsp3) is 0.176. The molecule has 1 heterocycles. The number of thioether (sulfide) groups is 1. The van der Waals surface area contributed by atoms with E-state index in [1.807, 2.05) is 30.3 Å². The Morgan fingerprint density at radius 2 is 2.04 bits per heavy atom. The number of fused-ring (bicyclic) bond motifs is 1. The predicted octanol–water partition coefficient (Wildman–Crippen LogP) is 3.25. The van der Waals surface area contributed by atoms with E-state index >= 15 is 0 Å². The van der Waals surface area contributed by atoms with Gasteiger partial charge in [0.25, 0.3) is 5.91 Å². The highest BCUT2D eigenvalue weighted by Crippen LogP contribution is 2.30. The fourth-order valence-electron chi connectivity index (χ4n) is 2.27. The summed E-state index contributed by atoms with van der Waals surface area (Å²) in [4.78, 5) is 12.9. The lowest BCUT2D eigenvalue weighted by atomic mass is 10.1. The third-order valence-electron chi connectivity index (χ3n) is 3.39. The van der Waals surface area contributed by atoms with Crippen molar-refractivity contribution in [3.8, 4) is 0 Å². The molecule has 2 N–H and O–H groups in total. The van der Waals surface area contributed by atoms with Crippen LogP contribution in [0, 0.1) is 5.82 Å². The summed E-state index contributed by atoms with van der Waals surface area (Å²) in [6.07, 6.45) is 0.702. The standard InChI is InChI=1S/C17H16FN3OS/c18-12-6-7-16-14(10-12)15(8-9-23-16)20-21-17(22)11-19-13-4-2-1-3-5-13/h1-7,10,19H,8-9,11H2,(H,21,22). The van der Waals surface area contributed by atoms with Crippen LogP contribution in [0.2, 0.25) is 0 Å². The highest BCUT2D eigenvalue weighted by atomic mass is 32.2. The molecule has 118 valence electrons. The Morgan fingerprint density at radius 3 is 2.87 bits per heavy atom. The number of carbonyl (C=O) groups is 1. The maximum Gasteiger partial charge on any atom is 0.259 e. The van der Waals surface area contributed by atoms with Crippen molar-refractivity contribution in [3.05, 3.63) is 59.9 Å². The van der Waals surface area contributed by atoms with Crippen LogP contribution in [-0.4, -0.2) is 23.9 Å². The lowest BCUT2D eigenvalue weighted by Gasteiger charge is -2.17. The molecule has 0 radical (unpaired) electrons. The van der Waals surface area contributed by atoms with Crippen molar-refractivity contribution in [1.29, 1.82) is 0 Å². The summed E-state index contributed by atoms with van der Waals surface area (Å²) in [5.74, 6) is 0.337. The average molecular weight is 329 g/mol. The van der Waals surface area contributed by atoms with E-state index in [4.69, 9.17) is 0 Å². The van der Waals surface area contributed by atoms with Crippen molar-refractivity contribution in [3.63, 3.8) is 0 Å². The minimum atomic E-state index is -0.295. The van der Waals surface area contributed by atoms with E-state index in [0.29, 0.717) is 12.1 Å². The molecule has 0 aromatic heterocycles. The Kier molecular flexibility index (Phi) is 4.92. The quantitative estimate of drug-likeness (QED) is 0.847. The number of rotatable bonds is 4. The fourth-order valence-corrected chi connectivity index (χ4v) is 3.28. The third kappa shape index (κ3) is 4.10. The van der Waals surface area contributed by atoms with Crippen LogP contribution in [0.5, 0.6) is 0 Å². The van der Waals surface area contributed by atoms with Gasteiger partial charge < -0.3 is 5.32 Å². The zero-order valence-electron chi connectivity index (χ0n) is 12.4. The van der Waals surface area contributed by atoms with Crippen LogP contribution in [0.4, 0.5) is 10.1 Å². The van der Waals surface area contributed by atoms with Gasteiger partial charge in [-0.15, -0.1) is 11.8 Å². The molecule has 0 unspecified atom stereocenters. The number of para-hydroxylation sites is 1. The first-order valence-electron chi connectivity index (χ1n) is 7.29. The van der Waals surface area contributed by atoms with Crippen LogP contribution < -0.4 is 10.7 Å². The first-order valence-corrected chi connectivity index (χ1v) is 8.28. The average Bonchev–Trinajstić information content (AvgIpc) is 2.59. The molecule has 3 rings (SSSR count). The molecule has 6 heteroatoms. The lowest BCUT2D eigenvalue weighted by Crippen LogP contribution is -2.27. The van der Waals surface area contributed by atoms with E-state index in [1.165, 1.54) is 12.1 Å². The molecule has 2 aromatic carbocycles. The van der Waals surface area contributed by atoms with Crippen LogP contribution in [0.15, 0.2) is 58.5 Å². The molecule has 2 aromatic rings. The van der Waals surface area contributed by atoms with Crippen LogP contribution in [0.25, 0.3) is 0 Å². The summed E-state index contributed by atoms with van der Waals surface area (Å²) in [7, 11) is 0. The summed E-state index contributed by atoms with van der Waals surface area (Å²) in [6, 6.07) is 14.1. The monoisotopic (exact) mass is 329 g/mol. The SMILES string of the molecule is O=C(CNc1ccccc1)NN=C1CCSc2ccc(F)cc21. The molecule has 0 aliphatic carbocycles. The molecule has 0 spiro atoms. The molecule has 0 bridgehead atoms. The summed E-state index contributed by atoms with van der Waals surface area (Å²) in [5, 5.41) is 7.19. The first kappa shape index (κ1) is 15.6. The van der Waals surface area contributed by atoms with E-state index in [9.17, 15) is 9.18 Å². The molecular formula is C17H16FN3OS. The maximum absolute atomic E-state index is 13.4. The number of nitrogens with one attached hydrogen (secondary N) is 2. The lowest BCUT2D eigenvalue weighted by molar-refractivity contribution is -0.119. The van der Waals surface area contributed by atoms with Crippen LogP contribution in [0.1, 0.15) is 12.0 Å². The van der Waals surface area contributed by atoms with Gasteiger partial charge in [0.05, 0.1) is 12.3 Å². The number of carbonyl (C=O) groups excluding carboxylic acids is 1. The van der Waals surface area contributed by atoms with E-state index in [1.54, 1.807) is 17.8 Å². The smallest absolute Gasteiger partial charge is 0.259 e. The van der Waals surface area contributed by atoms with E-state index < -0.39 is 0 Å². The molecule has 1 aliphatic heterocycles. The van der Waals surface area contributed by atoms with Gasteiger partial charge in [0.15, 0.2) is 0 Å². The van der Waals surface area contributed by atoms with Gasteiger partial charge >= 0.3 is 0 Å². The Hall–Kier alpha value is -2.34. The molecule has 1 aliphatic rings. The van der Waals surface area contributed by atoms with Gasteiger partial charge in [0.2, 0.25) is 0 Å². The molecule has 0 saturated heterocycles. The van der Waals surface area contributed by atoms with Crippen LogP contribution >= 0.6 is 11.8 Å². The van der Waals surface area contributed by atoms with Gasteiger partial charge in [-0.3, -0.25) is 4.79 Å². The summed E-state index contributed by atoms with van der Waals surface area (Å²) in [6.45, 7) is 0.131. The minimum Gasteiger partial charge on any atom is -0.376 e. The van der Waals surface area contributed by atoms with Crippen LogP contribution in [0.3, 0.4) is 0 Å². The van der Waals surface area contributed by atoms with Gasteiger partial charge in [-0.25, -0.2) is 9.82 Å². The van der Waals surface area contributed by atoms with Crippen molar-refractivity contribution in [2.75, 3.05) is 17.6 Å². The number of nitrogens with zero attached hydrogens (tertiary/aromatic N) is 1. The van der Waals surface area contributed by atoms with Gasteiger partial charge in [0, 0.05) is 28.3 Å². The molecule has 0 saturated carbocycles. The highest BCUT2D eigenvalue weighted by molar-refractivity contribution is 7.99. The number of benzene rings is 2. The molecular weight excluding hydrogens is 313 g/mol. The molecule has 0 atom stereocenters. The summed E-state index contributed by atoms with van der Waals surface area (Å²) in [5.41, 5.74) is 4.89. The van der Waals surface area contributed by atoms with Crippen LogP contribution in [-0.2, 0) is 4.79 Å². The van der Waals surface area contributed by atoms with Crippen molar-refractivity contribution in [1.82, 2.24) is 5.43 Å². The number of amides is 1. The Morgan fingerprint density at radius 1 is 1.22 bits per heavy atom. The Labute approximate surface area is 138 Å². The number of hydrazone groups is 1. The van der Waals surface area contributed by atoms with Gasteiger partial charge in [-0.2, -0.15) is 5.10 Å². The molecule has 0 fully saturated rings. The second kappa shape index (κ2) is 7.28. The van der Waals surface area contributed by atoms with Crippen molar-refractivity contribution < 1.29 is 9.18 Å². The first-order chi connectivity index (χ1) is 11.2. The van der Waals surface area contributed by atoms with E-state index in [2.05, 4.69) is 15.8 Å². The number of anilines is 1. The molecule has 23 heavy (non-hydrogen) atoms. The number of halogens is 1. The zero-order valence-corrected chi connectivity index (χ0v) is 13.2. The number of hydrogen-bond acceptors (Lipinski definition) is 4. The van der Waals surface area contributed by atoms with E-state index in [-0.39, 0.29) is 18.3 Å². The Balaban J connectivity index is 1.62. The highest BCUT2D eigenvalue weighted by Gasteiger charge is 2.17. The van der Waals surface area contributed by atoms with Gasteiger partial charge in [0.1, 0.15) is 5.82 Å². The van der Waals surface area contributed by atoms with Gasteiger partial charge in [-0.1, -0.05) is 18.2 Å². The van der Waals surface area contributed by atoms with Gasteiger partial charge in [-0.05, 0) is 30.3 Å². The van der Waals surface area contributed by atoms with Crippen molar-refractivity contribution >= 4 is 29.1 Å². The normalized spacial score (nSPS) is 15.1. The summed E-state index contributed by atoms with van der Waals surface area (Å²) >= 11 is 1.67. The third-order valence-corrected chi connectivity index (χ3v) is 4.47. The molecule has 4 nitrogen and oxygen atoms in total. The minimum absolute atomic E-state index is 0.131. The second-order valence-corrected chi connectivity index (χ2v) is 6.19. The zero-order chi connectivity index (χ0) is 16.1. The topological polar surface area (TPSA) is 53.5 Å².